The zero-order valence-corrected chi connectivity index (χ0v) is 40.9. The van der Waals surface area contributed by atoms with Gasteiger partial charge >= 0.3 is 29.8 Å². The third-order valence-corrected chi connectivity index (χ3v) is 11.4. The summed E-state index contributed by atoms with van der Waals surface area (Å²) in [6, 6.07) is 0. The monoisotopic (exact) mass is 917 g/mol. The van der Waals surface area contributed by atoms with Crippen LogP contribution in [0, 0.1) is 0 Å². The summed E-state index contributed by atoms with van der Waals surface area (Å²) in [5.74, 6) is -2.45. The summed E-state index contributed by atoms with van der Waals surface area (Å²) in [6.07, 6.45) is 21.9. The van der Waals surface area contributed by atoms with Gasteiger partial charge in [0.05, 0.1) is 6.20 Å². The van der Waals surface area contributed by atoms with Gasteiger partial charge in [0.2, 0.25) is 12.0 Å². The minimum atomic E-state index is -1.25. The molecule has 0 aromatic carbocycles. The van der Waals surface area contributed by atoms with Crippen LogP contribution in [0.15, 0.2) is 27.7 Å². The van der Waals surface area contributed by atoms with Gasteiger partial charge in [-0.15, -0.1) is 0 Å². The van der Waals surface area contributed by atoms with E-state index in [1.54, 1.807) is 6.92 Å². The molecule has 0 saturated heterocycles. The number of carbonyl (C=O) groups is 5. The average molecular weight is 917 g/mol. The van der Waals surface area contributed by atoms with Crippen LogP contribution in [0.2, 0.25) is 0 Å². The largest absolute Gasteiger partial charge is 0.459 e. The van der Waals surface area contributed by atoms with Crippen molar-refractivity contribution in [3.05, 3.63) is 36.2 Å². The van der Waals surface area contributed by atoms with E-state index in [4.69, 9.17) is 32.5 Å². The first-order valence-corrected chi connectivity index (χ1v) is 25.4. The molecule has 14 heteroatoms. The van der Waals surface area contributed by atoms with E-state index in [1.165, 1.54) is 89.5 Å². The molecule has 0 spiro atoms. The predicted octanol–water partition coefficient (Wildman–Crippen LogP) is 13.0. The highest BCUT2D eigenvalue weighted by molar-refractivity contribution is 5.72. The predicted molar refractivity (Wildman–Crippen MR) is 247 cm³/mol. The highest BCUT2D eigenvalue weighted by Crippen LogP contribution is 2.33. The standard InChI is InChI=1S/C51H84N2O12/c1-7-12-17-18-19-20-21-22-23-24-25-26-27-28-29-34-48(58)65-50(43-36-52-38-60-43)51-53-40(37-59-51)41(62-45(55)31-14-9-3)35-42(63-46(56)32-15-10-4)49(64-47(57)33-16-11-5)39(6)61-44(54)30-13-8-2/h36-39,41-42,49-50H,7-35H2,1-6H3. The van der Waals surface area contributed by atoms with Gasteiger partial charge in [0.15, 0.2) is 24.4 Å². The summed E-state index contributed by atoms with van der Waals surface area (Å²) in [4.78, 5) is 74.6. The second kappa shape index (κ2) is 36.0. The Kier molecular flexibility index (Phi) is 31.5. The lowest BCUT2D eigenvalue weighted by atomic mass is 10.00. The zero-order chi connectivity index (χ0) is 47.5. The molecule has 0 aliphatic carbocycles. The van der Waals surface area contributed by atoms with Crippen molar-refractivity contribution < 1.29 is 56.5 Å². The van der Waals surface area contributed by atoms with E-state index in [9.17, 15) is 24.0 Å². The first-order valence-electron chi connectivity index (χ1n) is 25.4. The fourth-order valence-electron chi connectivity index (χ4n) is 7.42. The van der Waals surface area contributed by atoms with Crippen LogP contribution in [-0.4, -0.2) is 58.1 Å². The SMILES string of the molecule is CCCCCCCCCCCCCCCCCC(=O)OC(c1cnco1)c1nc(C(CC(OC(=O)CCCC)C(OC(=O)CCCC)C(C)OC(=O)CCCC)OC(=O)CCCC)co1. The van der Waals surface area contributed by atoms with Crippen molar-refractivity contribution in [1.82, 2.24) is 9.97 Å². The van der Waals surface area contributed by atoms with Crippen LogP contribution in [0.3, 0.4) is 0 Å². The molecular formula is C51H84N2O12. The molecule has 0 fully saturated rings. The Labute approximate surface area is 389 Å². The van der Waals surface area contributed by atoms with Crippen molar-refractivity contribution in [2.24, 2.45) is 0 Å². The lowest BCUT2D eigenvalue weighted by Crippen LogP contribution is -2.45. The second-order valence-corrected chi connectivity index (χ2v) is 17.4. The third-order valence-electron chi connectivity index (χ3n) is 11.4. The lowest BCUT2D eigenvalue weighted by Gasteiger charge is -2.32. The molecule has 14 nitrogen and oxygen atoms in total. The van der Waals surface area contributed by atoms with E-state index in [2.05, 4.69) is 16.9 Å². The fourth-order valence-corrected chi connectivity index (χ4v) is 7.42. The fraction of sp³-hybridized carbons (Fsp3) is 0.784. The second-order valence-electron chi connectivity index (χ2n) is 17.4. The molecule has 0 saturated carbocycles. The number of hydrogen-bond acceptors (Lipinski definition) is 14. The highest BCUT2D eigenvalue weighted by atomic mass is 16.6. The van der Waals surface area contributed by atoms with Crippen molar-refractivity contribution in [3.8, 4) is 0 Å². The molecule has 5 unspecified atom stereocenters. The number of nitrogens with zero attached hydrogens (tertiary/aromatic N) is 2. The molecule has 2 rings (SSSR count). The number of carbonyl (C=O) groups excluding carboxylic acids is 5. The quantitative estimate of drug-likeness (QED) is 0.0349. The number of aromatic nitrogens is 2. The molecular weight excluding hydrogens is 833 g/mol. The number of rotatable bonds is 40. The molecule has 2 heterocycles. The number of ether oxygens (including phenoxy) is 5. The minimum Gasteiger partial charge on any atom is -0.459 e. The van der Waals surface area contributed by atoms with Crippen LogP contribution in [-0.2, 0) is 47.7 Å². The number of oxazole rings is 2. The topological polar surface area (TPSA) is 184 Å². The summed E-state index contributed by atoms with van der Waals surface area (Å²) in [5, 5.41) is 0. The maximum atomic E-state index is 13.3. The summed E-state index contributed by atoms with van der Waals surface area (Å²) < 4.78 is 41.2. The maximum absolute atomic E-state index is 13.3. The van der Waals surface area contributed by atoms with E-state index in [0.29, 0.717) is 32.1 Å². The van der Waals surface area contributed by atoms with Gasteiger partial charge in [-0.3, -0.25) is 24.0 Å². The van der Waals surface area contributed by atoms with Gasteiger partial charge in [-0.1, -0.05) is 150 Å². The number of unbranched alkanes of at least 4 members (excludes halogenated alkanes) is 18. The highest BCUT2D eigenvalue weighted by Gasteiger charge is 2.40. The van der Waals surface area contributed by atoms with Gasteiger partial charge in [-0.25, -0.2) is 9.97 Å². The lowest BCUT2D eigenvalue weighted by molar-refractivity contribution is -0.188. The molecule has 65 heavy (non-hydrogen) atoms. The molecule has 5 atom stereocenters. The summed E-state index contributed by atoms with van der Waals surface area (Å²) in [6.45, 7) is 11.6. The van der Waals surface area contributed by atoms with Gasteiger partial charge in [-0.05, 0) is 39.0 Å². The summed E-state index contributed by atoms with van der Waals surface area (Å²) in [5.41, 5.74) is 0.131. The van der Waals surface area contributed by atoms with Crippen molar-refractivity contribution >= 4 is 29.8 Å². The Morgan fingerprint density at radius 2 is 0.938 bits per heavy atom. The van der Waals surface area contributed by atoms with Crippen LogP contribution in [0.25, 0.3) is 0 Å². The Hall–Kier alpha value is -4.23. The van der Waals surface area contributed by atoms with E-state index >= 15 is 0 Å². The molecule has 0 radical (unpaired) electrons. The molecule has 0 aliphatic rings. The van der Waals surface area contributed by atoms with Crippen molar-refractivity contribution in [1.29, 1.82) is 0 Å². The van der Waals surface area contributed by atoms with E-state index in [-0.39, 0.29) is 55.9 Å². The van der Waals surface area contributed by atoms with Crippen molar-refractivity contribution in [2.75, 3.05) is 0 Å². The Morgan fingerprint density at radius 1 is 0.508 bits per heavy atom. The Balaban J connectivity index is 2.26. The average Bonchev–Trinajstić information content (AvgIpc) is 4.02. The molecule has 0 bridgehead atoms. The summed E-state index contributed by atoms with van der Waals surface area (Å²) >= 11 is 0. The van der Waals surface area contributed by atoms with Crippen LogP contribution in [0.4, 0.5) is 0 Å². The van der Waals surface area contributed by atoms with E-state index in [0.717, 1.165) is 44.9 Å². The molecule has 0 aliphatic heterocycles. The minimum absolute atomic E-state index is 0.0477. The smallest absolute Gasteiger partial charge is 0.307 e. The van der Waals surface area contributed by atoms with Crippen LogP contribution in [0.5, 0.6) is 0 Å². The van der Waals surface area contributed by atoms with Crippen LogP contribution < -0.4 is 0 Å². The van der Waals surface area contributed by atoms with Crippen molar-refractivity contribution in [3.63, 3.8) is 0 Å². The number of hydrogen-bond donors (Lipinski definition) is 0. The van der Waals surface area contributed by atoms with Gasteiger partial charge in [-0.2, -0.15) is 0 Å². The van der Waals surface area contributed by atoms with Gasteiger partial charge < -0.3 is 32.5 Å². The molecule has 0 amide bonds. The van der Waals surface area contributed by atoms with E-state index < -0.39 is 60.4 Å². The Bertz CT molecular complexity index is 1560. The number of esters is 5. The molecule has 2 aromatic heterocycles. The third kappa shape index (κ3) is 25.3. The summed E-state index contributed by atoms with van der Waals surface area (Å²) in [7, 11) is 0. The van der Waals surface area contributed by atoms with Gasteiger partial charge in [0.25, 0.3) is 0 Å². The van der Waals surface area contributed by atoms with E-state index in [1.807, 2.05) is 27.7 Å². The molecule has 0 N–H and O–H groups in total. The van der Waals surface area contributed by atoms with Gasteiger partial charge in [0.1, 0.15) is 24.2 Å². The van der Waals surface area contributed by atoms with Crippen molar-refractivity contribution in [2.45, 2.75) is 258 Å². The van der Waals surface area contributed by atoms with Crippen LogP contribution >= 0.6 is 0 Å². The first-order chi connectivity index (χ1) is 31.6. The van der Waals surface area contributed by atoms with Gasteiger partial charge in [0, 0.05) is 38.5 Å². The zero-order valence-electron chi connectivity index (χ0n) is 40.9. The molecule has 370 valence electrons. The van der Waals surface area contributed by atoms with Crippen LogP contribution in [0.1, 0.15) is 257 Å². The first kappa shape index (κ1) is 56.9. The molecule has 2 aromatic rings. The normalized spacial score (nSPS) is 13.6. The maximum Gasteiger partial charge on any atom is 0.307 e. The Morgan fingerprint density at radius 3 is 1.43 bits per heavy atom.